The molecular weight excluding hydrogens is 410 g/mol. The number of nitrogens with one attached hydrogen (secondary N) is 1. The van der Waals surface area contributed by atoms with Gasteiger partial charge in [-0.15, -0.1) is 0 Å². The molecule has 1 heterocycles. The Kier molecular flexibility index (Phi) is 5.66. The number of nitrogen functional groups attached to an aromatic ring is 1. The lowest BCUT2D eigenvalue weighted by Gasteiger charge is -2.11. The second kappa shape index (κ2) is 8.13. The smallest absolute Gasteiger partial charge is 0.232 e. The highest BCUT2D eigenvalue weighted by atomic mass is 79.9. The van der Waals surface area contributed by atoms with Gasteiger partial charge in [0.2, 0.25) is 11.9 Å². The number of aromatic nitrogens is 3. The van der Waals surface area contributed by atoms with Crippen LogP contribution in [0.3, 0.4) is 0 Å². The Hall–Kier alpha value is -3.00. The molecule has 7 nitrogen and oxygen atoms in total. The molecule has 0 atom stereocenters. The summed E-state index contributed by atoms with van der Waals surface area (Å²) in [5.74, 6) is 1.14. The first-order valence-corrected chi connectivity index (χ1v) is 8.98. The Morgan fingerprint density at radius 3 is 2.70 bits per heavy atom. The molecule has 3 rings (SSSR count). The fraction of sp³-hybridized carbons (Fsp3) is 0.158. The number of hydrogen-bond donors (Lipinski definition) is 2. The van der Waals surface area contributed by atoms with Crippen LogP contribution in [-0.2, 0) is 6.61 Å². The number of benzene rings is 2. The monoisotopic (exact) mass is 427 g/mol. The minimum Gasteiger partial charge on any atom is -0.485 e. The highest BCUT2D eigenvalue weighted by molar-refractivity contribution is 9.10. The van der Waals surface area contributed by atoms with Gasteiger partial charge in [0.1, 0.15) is 12.4 Å². The SMILES string of the molecule is CC(=O)c1cc(Br)ccc1OCc1nc(N)nc(Nc2ccccc2C)n1. The van der Waals surface area contributed by atoms with Gasteiger partial charge in [-0.2, -0.15) is 15.0 Å². The Balaban J connectivity index is 1.79. The lowest BCUT2D eigenvalue weighted by Crippen LogP contribution is -2.10. The molecule has 0 spiro atoms. The van der Waals surface area contributed by atoms with Crippen molar-refractivity contribution in [3.8, 4) is 5.75 Å². The zero-order valence-corrected chi connectivity index (χ0v) is 16.4. The number of ketones is 1. The molecule has 0 aliphatic heterocycles. The van der Waals surface area contributed by atoms with Gasteiger partial charge in [0, 0.05) is 10.2 Å². The molecular formula is C19H18BrN5O2. The number of hydrogen-bond acceptors (Lipinski definition) is 7. The lowest BCUT2D eigenvalue weighted by atomic mass is 10.1. The van der Waals surface area contributed by atoms with Crippen LogP contribution in [0.25, 0.3) is 0 Å². The highest BCUT2D eigenvalue weighted by Gasteiger charge is 2.12. The third kappa shape index (κ3) is 4.79. The van der Waals surface area contributed by atoms with Crippen LogP contribution in [0.1, 0.15) is 28.7 Å². The van der Waals surface area contributed by atoms with Crippen LogP contribution >= 0.6 is 15.9 Å². The van der Waals surface area contributed by atoms with E-state index >= 15 is 0 Å². The Labute approximate surface area is 165 Å². The summed E-state index contributed by atoms with van der Waals surface area (Å²) in [7, 11) is 0. The van der Waals surface area contributed by atoms with Gasteiger partial charge in [-0.3, -0.25) is 4.79 Å². The van der Waals surface area contributed by atoms with E-state index in [4.69, 9.17) is 10.5 Å². The van der Waals surface area contributed by atoms with E-state index in [-0.39, 0.29) is 18.3 Å². The average molecular weight is 428 g/mol. The molecule has 8 heteroatoms. The molecule has 2 aromatic carbocycles. The third-order valence-electron chi connectivity index (χ3n) is 3.77. The number of nitrogens with zero attached hydrogens (tertiary/aromatic N) is 3. The molecule has 0 aliphatic rings. The fourth-order valence-corrected chi connectivity index (χ4v) is 2.80. The van der Waals surface area contributed by atoms with Gasteiger partial charge in [-0.1, -0.05) is 34.1 Å². The van der Waals surface area contributed by atoms with Crippen LogP contribution < -0.4 is 15.8 Å². The first kappa shape index (κ1) is 18.8. The fourth-order valence-electron chi connectivity index (χ4n) is 2.44. The summed E-state index contributed by atoms with van der Waals surface area (Å²) < 4.78 is 6.55. The maximum absolute atomic E-state index is 11.8. The summed E-state index contributed by atoms with van der Waals surface area (Å²) in [6, 6.07) is 13.0. The number of aryl methyl sites for hydroxylation is 1. The number of halogens is 1. The van der Waals surface area contributed by atoms with Crippen molar-refractivity contribution in [3.63, 3.8) is 0 Å². The quantitative estimate of drug-likeness (QED) is 0.571. The van der Waals surface area contributed by atoms with Crippen LogP contribution in [0, 0.1) is 6.92 Å². The van der Waals surface area contributed by atoms with Crippen LogP contribution in [0.4, 0.5) is 17.6 Å². The van der Waals surface area contributed by atoms with Crippen molar-refractivity contribution >= 4 is 39.3 Å². The minimum absolute atomic E-state index is 0.0527. The number of para-hydroxylation sites is 1. The molecule has 0 bridgehead atoms. The molecule has 0 fully saturated rings. The molecule has 0 unspecified atom stereocenters. The Morgan fingerprint density at radius 1 is 1.19 bits per heavy atom. The van der Waals surface area contributed by atoms with Crippen LogP contribution in [0.2, 0.25) is 0 Å². The zero-order valence-electron chi connectivity index (χ0n) is 14.9. The van der Waals surface area contributed by atoms with E-state index < -0.39 is 0 Å². The van der Waals surface area contributed by atoms with E-state index in [0.29, 0.717) is 23.1 Å². The number of rotatable bonds is 6. The number of carbonyl (C=O) groups excluding carboxylic acids is 1. The molecule has 1 aromatic heterocycles. The minimum atomic E-state index is -0.0941. The van der Waals surface area contributed by atoms with Crippen LogP contribution in [0.5, 0.6) is 5.75 Å². The van der Waals surface area contributed by atoms with Crippen molar-refractivity contribution in [1.29, 1.82) is 0 Å². The predicted molar refractivity (Wildman–Crippen MR) is 107 cm³/mol. The molecule has 0 radical (unpaired) electrons. The summed E-state index contributed by atoms with van der Waals surface area (Å²) in [6.45, 7) is 3.52. The van der Waals surface area contributed by atoms with Gasteiger partial charge < -0.3 is 15.8 Å². The van der Waals surface area contributed by atoms with Crippen molar-refractivity contribution in [1.82, 2.24) is 15.0 Å². The van der Waals surface area contributed by atoms with E-state index in [9.17, 15) is 4.79 Å². The van der Waals surface area contributed by atoms with Gasteiger partial charge >= 0.3 is 0 Å². The maximum atomic E-state index is 11.8. The number of anilines is 3. The van der Waals surface area contributed by atoms with Crippen molar-refractivity contribution in [3.05, 3.63) is 63.9 Å². The molecule has 0 saturated carbocycles. The van der Waals surface area contributed by atoms with E-state index in [1.54, 1.807) is 18.2 Å². The molecule has 27 heavy (non-hydrogen) atoms. The molecule has 3 aromatic rings. The first-order valence-electron chi connectivity index (χ1n) is 8.19. The second-order valence-corrected chi connectivity index (χ2v) is 6.77. The normalized spacial score (nSPS) is 10.5. The predicted octanol–water partition coefficient (Wildman–Crippen LogP) is 4.05. The molecule has 3 N–H and O–H groups in total. The standard InChI is InChI=1S/C19H18BrN5O2/c1-11-5-3-4-6-15(11)22-19-24-17(23-18(21)25-19)10-27-16-8-7-13(20)9-14(16)12(2)26/h3-9H,10H2,1-2H3,(H3,21,22,23,24,25). The van der Waals surface area contributed by atoms with Gasteiger partial charge in [0.15, 0.2) is 11.6 Å². The zero-order chi connectivity index (χ0) is 19.4. The maximum Gasteiger partial charge on any atom is 0.232 e. The molecule has 138 valence electrons. The highest BCUT2D eigenvalue weighted by Crippen LogP contribution is 2.24. The number of Topliss-reactive ketones (excluding diaryl/α,β-unsaturated/α-hetero) is 1. The van der Waals surface area contributed by atoms with Gasteiger partial charge in [0.25, 0.3) is 0 Å². The number of carbonyl (C=O) groups is 1. The summed E-state index contributed by atoms with van der Waals surface area (Å²) in [6.07, 6.45) is 0. The van der Waals surface area contributed by atoms with Gasteiger partial charge in [-0.25, -0.2) is 0 Å². The van der Waals surface area contributed by atoms with Crippen molar-refractivity contribution < 1.29 is 9.53 Å². The van der Waals surface area contributed by atoms with Gasteiger partial charge in [0.05, 0.1) is 5.56 Å². The molecule has 0 aliphatic carbocycles. The molecule has 0 saturated heterocycles. The van der Waals surface area contributed by atoms with E-state index in [0.717, 1.165) is 15.7 Å². The second-order valence-electron chi connectivity index (χ2n) is 5.86. The lowest BCUT2D eigenvalue weighted by molar-refractivity contribution is 0.101. The van der Waals surface area contributed by atoms with Crippen LogP contribution in [-0.4, -0.2) is 20.7 Å². The summed E-state index contributed by atoms with van der Waals surface area (Å²) >= 11 is 3.35. The third-order valence-corrected chi connectivity index (χ3v) is 4.26. The van der Waals surface area contributed by atoms with E-state index in [1.807, 2.05) is 31.2 Å². The summed E-state index contributed by atoms with van der Waals surface area (Å²) in [5.41, 5.74) is 8.20. The van der Waals surface area contributed by atoms with E-state index in [2.05, 4.69) is 36.2 Å². The Bertz CT molecular complexity index is 994. The summed E-state index contributed by atoms with van der Waals surface area (Å²) in [5, 5.41) is 3.13. The van der Waals surface area contributed by atoms with Crippen molar-refractivity contribution in [2.45, 2.75) is 20.5 Å². The topological polar surface area (TPSA) is 103 Å². The Morgan fingerprint density at radius 2 is 1.96 bits per heavy atom. The van der Waals surface area contributed by atoms with Crippen molar-refractivity contribution in [2.75, 3.05) is 11.1 Å². The van der Waals surface area contributed by atoms with Crippen LogP contribution in [0.15, 0.2) is 46.9 Å². The first-order chi connectivity index (χ1) is 12.9. The largest absolute Gasteiger partial charge is 0.485 e. The summed E-state index contributed by atoms with van der Waals surface area (Å²) in [4.78, 5) is 24.4. The van der Waals surface area contributed by atoms with E-state index in [1.165, 1.54) is 6.92 Å². The number of ether oxygens (including phenoxy) is 1. The molecule has 0 amide bonds. The van der Waals surface area contributed by atoms with Gasteiger partial charge in [-0.05, 0) is 43.7 Å². The van der Waals surface area contributed by atoms with Crippen molar-refractivity contribution in [2.24, 2.45) is 0 Å². The number of nitrogens with two attached hydrogens (primary N) is 1. The average Bonchev–Trinajstić information content (AvgIpc) is 2.62.